The van der Waals surface area contributed by atoms with Crippen LogP contribution in [0, 0.1) is 0 Å². The minimum Gasteiger partial charge on any atom is -0.464 e. The molecule has 2 aromatic heterocycles. The Morgan fingerprint density at radius 1 is 0.381 bits per heavy atom. The molecule has 0 saturated carbocycles. The number of thiophene rings is 1. The summed E-state index contributed by atoms with van der Waals surface area (Å²) >= 11 is 1.88. The molecule has 0 radical (unpaired) electrons. The number of rotatable bonds is 3. The minimum atomic E-state index is 0.928. The van der Waals surface area contributed by atoms with E-state index in [9.17, 15) is 0 Å². The molecule has 0 unspecified atom stereocenters. The third kappa shape index (κ3) is 3.36. The molecule has 196 valence electrons. The first-order valence-electron chi connectivity index (χ1n) is 14.3. The second-order valence-electron chi connectivity index (χ2n) is 10.8. The first-order chi connectivity index (χ1) is 20.9. The molecule has 0 fully saturated rings. The van der Waals surface area contributed by atoms with Gasteiger partial charge in [-0.2, -0.15) is 0 Å². The Bertz CT molecular complexity index is 2390. The summed E-state index contributed by atoms with van der Waals surface area (Å²) < 4.78 is 8.68. The summed E-state index contributed by atoms with van der Waals surface area (Å²) in [4.78, 5) is 0. The van der Waals surface area contributed by atoms with Crippen molar-refractivity contribution < 1.29 is 4.42 Å². The molecule has 2 heterocycles. The lowest BCUT2D eigenvalue weighted by Crippen LogP contribution is -1.90. The first-order valence-corrected chi connectivity index (χ1v) is 15.1. The van der Waals surface area contributed by atoms with Crippen LogP contribution in [0.5, 0.6) is 0 Å². The van der Waals surface area contributed by atoms with Crippen LogP contribution in [-0.4, -0.2) is 0 Å². The maximum Gasteiger partial charge on any atom is 0.135 e. The van der Waals surface area contributed by atoms with Gasteiger partial charge in [0, 0.05) is 36.7 Å². The second-order valence-corrected chi connectivity index (χ2v) is 11.8. The molecule has 0 N–H and O–H groups in total. The highest BCUT2D eigenvalue weighted by molar-refractivity contribution is 7.27. The van der Waals surface area contributed by atoms with Crippen molar-refractivity contribution >= 4 is 64.0 Å². The third-order valence-corrected chi connectivity index (χ3v) is 9.82. The van der Waals surface area contributed by atoms with Crippen LogP contribution in [0.3, 0.4) is 0 Å². The van der Waals surface area contributed by atoms with Gasteiger partial charge in [0.25, 0.3) is 0 Å². The zero-order valence-electron chi connectivity index (χ0n) is 22.7. The van der Waals surface area contributed by atoms with Gasteiger partial charge in [0.15, 0.2) is 0 Å². The largest absolute Gasteiger partial charge is 0.464 e. The maximum atomic E-state index is 6.10. The summed E-state index contributed by atoms with van der Waals surface area (Å²) in [6, 6.07) is 50.3. The predicted octanol–water partition coefficient (Wildman–Crippen LogP) is 12.1. The molecule has 0 aliphatic carbocycles. The molecule has 0 aliphatic rings. The van der Waals surface area contributed by atoms with Crippen LogP contribution in [0.15, 0.2) is 150 Å². The van der Waals surface area contributed by atoms with E-state index in [1.807, 2.05) is 17.6 Å². The van der Waals surface area contributed by atoms with Crippen LogP contribution in [-0.2, 0) is 0 Å². The highest BCUT2D eigenvalue weighted by Crippen LogP contribution is 2.49. The van der Waals surface area contributed by atoms with Gasteiger partial charge in [-0.25, -0.2) is 0 Å². The Balaban J connectivity index is 1.41. The monoisotopic (exact) mass is 552 g/mol. The quantitative estimate of drug-likeness (QED) is 0.199. The van der Waals surface area contributed by atoms with Gasteiger partial charge in [0.2, 0.25) is 0 Å². The normalized spacial score (nSPS) is 11.8. The Morgan fingerprint density at radius 3 is 1.60 bits per heavy atom. The molecule has 1 nitrogen and oxygen atoms in total. The first kappa shape index (κ1) is 23.5. The molecule has 0 saturated heterocycles. The summed E-state index contributed by atoms with van der Waals surface area (Å²) in [5, 5.41) is 8.86. The van der Waals surface area contributed by atoms with E-state index in [-0.39, 0.29) is 0 Å². The van der Waals surface area contributed by atoms with Crippen molar-refractivity contribution in [2.45, 2.75) is 0 Å². The van der Waals surface area contributed by atoms with E-state index in [0.717, 1.165) is 11.1 Å². The van der Waals surface area contributed by atoms with Gasteiger partial charge in [-0.05, 0) is 55.9 Å². The summed E-state index contributed by atoms with van der Waals surface area (Å²) in [7, 11) is 0. The van der Waals surface area contributed by atoms with Crippen LogP contribution in [0.1, 0.15) is 0 Å². The molecule has 9 aromatic rings. The predicted molar refractivity (Wildman–Crippen MR) is 180 cm³/mol. The van der Waals surface area contributed by atoms with Crippen molar-refractivity contribution in [3.63, 3.8) is 0 Å². The molecule has 0 amide bonds. The Hall–Kier alpha value is -5.18. The molecule has 0 atom stereocenters. The number of hydrogen-bond donors (Lipinski definition) is 0. The van der Waals surface area contributed by atoms with Crippen LogP contribution in [0.25, 0.3) is 86.1 Å². The van der Waals surface area contributed by atoms with Crippen molar-refractivity contribution in [2.24, 2.45) is 0 Å². The minimum absolute atomic E-state index is 0.928. The summed E-state index contributed by atoms with van der Waals surface area (Å²) in [6.07, 6.45) is 1.91. The topological polar surface area (TPSA) is 13.1 Å². The fraction of sp³-hybridized carbons (Fsp3) is 0. The number of hydrogen-bond acceptors (Lipinski definition) is 2. The third-order valence-electron chi connectivity index (χ3n) is 8.55. The van der Waals surface area contributed by atoms with Crippen molar-refractivity contribution in [3.05, 3.63) is 146 Å². The molecule has 0 aliphatic heterocycles. The Kier molecular flexibility index (Phi) is 5.13. The fourth-order valence-corrected chi connectivity index (χ4v) is 8.11. The van der Waals surface area contributed by atoms with E-state index in [1.54, 1.807) is 0 Å². The van der Waals surface area contributed by atoms with Gasteiger partial charge in [0.05, 0.1) is 6.26 Å². The van der Waals surface area contributed by atoms with Crippen LogP contribution < -0.4 is 0 Å². The van der Waals surface area contributed by atoms with Crippen molar-refractivity contribution in [1.29, 1.82) is 0 Å². The smallest absolute Gasteiger partial charge is 0.135 e. The van der Waals surface area contributed by atoms with E-state index >= 15 is 0 Å². The lowest BCUT2D eigenvalue weighted by atomic mass is 9.86. The standard InChI is InChI=1S/C40H24OS/c1-3-12-25(13-4-1)34-24-41-35-23-22-32-31-20-11-21-33(39(31)42-40(32)38(34)35)37-29-18-9-7-16-27(29)36(26-14-5-2-6-15-26)28-17-8-10-19-30(28)37/h1-24H. The summed E-state index contributed by atoms with van der Waals surface area (Å²) in [5.74, 6) is 0. The average molecular weight is 553 g/mol. The van der Waals surface area contributed by atoms with Crippen LogP contribution in [0.2, 0.25) is 0 Å². The summed E-state index contributed by atoms with van der Waals surface area (Å²) in [5.41, 5.74) is 8.36. The number of benzene rings is 7. The van der Waals surface area contributed by atoms with Crippen molar-refractivity contribution in [3.8, 4) is 33.4 Å². The Labute approximate surface area is 246 Å². The van der Waals surface area contributed by atoms with Gasteiger partial charge < -0.3 is 4.42 Å². The zero-order valence-corrected chi connectivity index (χ0v) is 23.5. The second kappa shape index (κ2) is 9.17. The molecule has 0 bridgehead atoms. The van der Waals surface area contributed by atoms with E-state index in [0.29, 0.717) is 0 Å². The maximum absolute atomic E-state index is 6.10. The number of fused-ring (bicyclic) bond motifs is 7. The molecule has 7 aromatic carbocycles. The molecule has 0 spiro atoms. The molecule has 9 rings (SSSR count). The molecular formula is C40H24OS. The van der Waals surface area contributed by atoms with Gasteiger partial charge in [0.1, 0.15) is 5.58 Å². The van der Waals surface area contributed by atoms with Gasteiger partial charge in [-0.3, -0.25) is 0 Å². The van der Waals surface area contributed by atoms with Crippen LogP contribution >= 0.6 is 11.3 Å². The van der Waals surface area contributed by atoms with Crippen molar-refractivity contribution in [2.75, 3.05) is 0 Å². The van der Waals surface area contributed by atoms with Crippen LogP contribution in [0.4, 0.5) is 0 Å². The lowest BCUT2D eigenvalue weighted by Gasteiger charge is -2.18. The van der Waals surface area contributed by atoms with Gasteiger partial charge in [-0.1, -0.05) is 127 Å². The number of furan rings is 1. The molecule has 42 heavy (non-hydrogen) atoms. The fourth-order valence-electron chi connectivity index (χ4n) is 6.74. The van der Waals surface area contributed by atoms with Gasteiger partial charge >= 0.3 is 0 Å². The van der Waals surface area contributed by atoms with Crippen molar-refractivity contribution in [1.82, 2.24) is 0 Å². The van der Waals surface area contributed by atoms with E-state index in [4.69, 9.17) is 4.42 Å². The SMILES string of the molecule is c1ccc(-c2c3ccccc3c(-c3cccc4c3sc3c4ccc4occ(-c5ccccc5)c43)c3ccccc23)cc1. The van der Waals surface area contributed by atoms with Gasteiger partial charge in [-0.15, -0.1) is 11.3 Å². The van der Waals surface area contributed by atoms with E-state index in [1.165, 1.54) is 74.9 Å². The van der Waals surface area contributed by atoms with E-state index in [2.05, 4.69) is 140 Å². The molecular weight excluding hydrogens is 529 g/mol. The highest BCUT2D eigenvalue weighted by atomic mass is 32.1. The zero-order chi connectivity index (χ0) is 27.6. The lowest BCUT2D eigenvalue weighted by molar-refractivity contribution is 0.617. The molecule has 2 heteroatoms. The Morgan fingerprint density at radius 2 is 0.929 bits per heavy atom. The summed E-state index contributed by atoms with van der Waals surface area (Å²) in [6.45, 7) is 0. The average Bonchev–Trinajstić information content (AvgIpc) is 3.66. The van der Waals surface area contributed by atoms with E-state index < -0.39 is 0 Å². The highest BCUT2D eigenvalue weighted by Gasteiger charge is 2.21.